The zero-order valence-electron chi connectivity index (χ0n) is 22.4. The van der Waals surface area contributed by atoms with Crippen LogP contribution in [0.25, 0.3) is 16.6 Å². The molecule has 2 N–H and O–H groups in total. The average Bonchev–Trinajstić information content (AvgIpc) is 3.64. The van der Waals surface area contributed by atoms with Gasteiger partial charge in [0, 0.05) is 48.7 Å². The molecule has 1 aromatic carbocycles. The van der Waals surface area contributed by atoms with Gasteiger partial charge >= 0.3 is 6.18 Å². The summed E-state index contributed by atoms with van der Waals surface area (Å²) in [6, 6.07) is 10.9. The van der Waals surface area contributed by atoms with E-state index in [1.165, 1.54) is 29.6 Å². The summed E-state index contributed by atoms with van der Waals surface area (Å²) < 4.78 is 44.8. The van der Waals surface area contributed by atoms with Crippen molar-refractivity contribution in [3.63, 3.8) is 0 Å². The number of fused-ring (bicyclic) bond motifs is 2. The number of pyridine rings is 2. The van der Waals surface area contributed by atoms with Crippen molar-refractivity contribution in [1.29, 1.82) is 0 Å². The van der Waals surface area contributed by atoms with Crippen LogP contribution < -0.4 is 16.2 Å². The van der Waals surface area contributed by atoms with Gasteiger partial charge in [-0.25, -0.2) is 14.3 Å². The molecule has 0 unspecified atom stereocenters. The van der Waals surface area contributed by atoms with Gasteiger partial charge in [0.1, 0.15) is 11.2 Å². The highest BCUT2D eigenvalue weighted by Gasteiger charge is 2.65. The standard InChI is InChI=1S/C29H31F3N6O/c1-17(2)37-26(39)21-15-35-25(36-19-5-6-22-18(11-19)14-33-16-27(22,3)4)13-23(21)38(37)20-7-10-34-24(12-20)28(8-9-28)29(30,31)32/h5-7,10-13,15,17,33H,8-9,14,16H2,1-4H3,(H,35,36). The molecule has 2 aliphatic rings. The summed E-state index contributed by atoms with van der Waals surface area (Å²) in [4.78, 5) is 22.0. The second-order valence-corrected chi connectivity index (χ2v) is 11.6. The van der Waals surface area contributed by atoms with E-state index in [-0.39, 0.29) is 35.6 Å². The third-order valence-electron chi connectivity index (χ3n) is 8.01. The summed E-state index contributed by atoms with van der Waals surface area (Å²) in [5, 5.41) is 7.20. The van der Waals surface area contributed by atoms with Gasteiger partial charge in [0.2, 0.25) is 0 Å². The van der Waals surface area contributed by atoms with E-state index < -0.39 is 11.6 Å². The lowest BCUT2D eigenvalue weighted by molar-refractivity contribution is -0.161. The second kappa shape index (κ2) is 8.67. The van der Waals surface area contributed by atoms with Crippen molar-refractivity contribution in [2.75, 3.05) is 11.9 Å². The Balaban J connectivity index is 1.44. The normalized spacial score (nSPS) is 17.8. The zero-order valence-corrected chi connectivity index (χ0v) is 22.4. The highest BCUT2D eigenvalue weighted by Crippen LogP contribution is 2.58. The summed E-state index contributed by atoms with van der Waals surface area (Å²) in [6.45, 7) is 9.85. The molecule has 0 saturated heterocycles. The number of halogens is 3. The first-order valence-electron chi connectivity index (χ1n) is 13.2. The monoisotopic (exact) mass is 536 g/mol. The van der Waals surface area contributed by atoms with Gasteiger partial charge < -0.3 is 10.6 Å². The number of nitrogens with zero attached hydrogens (tertiary/aromatic N) is 4. The number of anilines is 2. The van der Waals surface area contributed by atoms with E-state index in [9.17, 15) is 18.0 Å². The number of hydrogen-bond donors (Lipinski definition) is 2. The molecule has 4 aromatic rings. The van der Waals surface area contributed by atoms with Gasteiger partial charge in [0.25, 0.3) is 5.56 Å². The van der Waals surface area contributed by atoms with Crippen molar-refractivity contribution < 1.29 is 13.2 Å². The van der Waals surface area contributed by atoms with Crippen LogP contribution in [-0.4, -0.2) is 32.1 Å². The van der Waals surface area contributed by atoms with E-state index in [0.29, 0.717) is 22.4 Å². The van der Waals surface area contributed by atoms with E-state index in [0.717, 1.165) is 18.8 Å². The van der Waals surface area contributed by atoms with Gasteiger partial charge in [-0.15, -0.1) is 0 Å². The van der Waals surface area contributed by atoms with Crippen molar-refractivity contribution in [2.45, 2.75) is 70.1 Å². The lowest BCUT2D eigenvalue weighted by atomic mass is 9.79. The lowest BCUT2D eigenvalue weighted by Crippen LogP contribution is -2.38. The fourth-order valence-corrected chi connectivity index (χ4v) is 5.77. The van der Waals surface area contributed by atoms with Crippen LogP contribution in [0.5, 0.6) is 0 Å². The summed E-state index contributed by atoms with van der Waals surface area (Å²) in [5.74, 6) is 0.531. The molecule has 1 aliphatic carbocycles. The number of hydrogen-bond acceptors (Lipinski definition) is 5. The predicted molar refractivity (Wildman–Crippen MR) is 145 cm³/mol. The molecular weight excluding hydrogens is 505 g/mol. The Kier molecular flexibility index (Phi) is 5.70. The molecule has 204 valence electrons. The molecule has 1 aliphatic heterocycles. The highest BCUT2D eigenvalue weighted by atomic mass is 19.4. The third-order valence-corrected chi connectivity index (χ3v) is 8.01. The molecule has 3 aromatic heterocycles. The average molecular weight is 537 g/mol. The first-order chi connectivity index (χ1) is 18.4. The number of nitrogens with one attached hydrogen (secondary N) is 2. The van der Waals surface area contributed by atoms with Crippen molar-refractivity contribution in [2.24, 2.45) is 0 Å². The van der Waals surface area contributed by atoms with E-state index >= 15 is 0 Å². The topological polar surface area (TPSA) is 76.8 Å². The summed E-state index contributed by atoms with van der Waals surface area (Å²) in [6.07, 6.45) is -1.43. The van der Waals surface area contributed by atoms with Crippen molar-refractivity contribution >= 4 is 22.4 Å². The molecule has 1 saturated carbocycles. The molecule has 6 rings (SSSR count). The fraction of sp³-hybridized carbons (Fsp3) is 0.414. The molecule has 4 heterocycles. The van der Waals surface area contributed by atoms with Gasteiger partial charge in [-0.2, -0.15) is 13.2 Å². The summed E-state index contributed by atoms with van der Waals surface area (Å²) >= 11 is 0. The number of alkyl halides is 3. The molecule has 0 bridgehead atoms. The van der Waals surface area contributed by atoms with Crippen LogP contribution in [0.4, 0.5) is 24.7 Å². The van der Waals surface area contributed by atoms with Crippen LogP contribution in [0.15, 0.2) is 53.6 Å². The van der Waals surface area contributed by atoms with E-state index in [2.05, 4.69) is 46.6 Å². The smallest absolute Gasteiger partial charge is 0.340 e. The van der Waals surface area contributed by atoms with Gasteiger partial charge in [-0.05, 0) is 62.1 Å². The highest BCUT2D eigenvalue weighted by molar-refractivity contribution is 5.83. The maximum atomic E-state index is 13.9. The van der Waals surface area contributed by atoms with Crippen LogP contribution in [0.3, 0.4) is 0 Å². The lowest BCUT2D eigenvalue weighted by Gasteiger charge is -2.33. The Morgan fingerprint density at radius 3 is 2.54 bits per heavy atom. The molecule has 0 spiro atoms. The number of rotatable bonds is 5. The first kappa shape index (κ1) is 25.6. The second-order valence-electron chi connectivity index (χ2n) is 11.6. The number of aromatic nitrogens is 4. The Labute approximate surface area is 224 Å². The fourth-order valence-electron chi connectivity index (χ4n) is 5.77. The van der Waals surface area contributed by atoms with Gasteiger partial charge in [-0.3, -0.25) is 9.78 Å². The molecule has 0 atom stereocenters. The Bertz CT molecular complexity index is 1650. The maximum Gasteiger partial charge on any atom is 0.399 e. The predicted octanol–water partition coefficient (Wildman–Crippen LogP) is 5.88. The van der Waals surface area contributed by atoms with Gasteiger partial charge in [-0.1, -0.05) is 19.9 Å². The Morgan fingerprint density at radius 1 is 1.08 bits per heavy atom. The molecule has 1 fully saturated rings. The van der Waals surface area contributed by atoms with Gasteiger partial charge in [0.05, 0.1) is 22.3 Å². The Morgan fingerprint density at radius 2 is 1.85 bits per heavy atom. The maximum absolute atomic E-state index is 13.9. The largest absolute Gasteiger partial charge is 0.399 e. The SMILES string of the molecule is CC(C)n1c(=O)c2cnc(Nc3ccc4c(c3)CNCC4(C)C)cc2n1-c1ccnc(C2(C(F)(F)F)CC2)c1. The van der Waals surface area contributed by atoms with Crippen molar-refractivity contribution in [1.82, 2.24) is 24.6 Å². The van der Waals surface area contributed by atoms with E-state index in [1.54, 1.807) is 21.5 Å². The van der Waals surface area contributed by atoms with E-state index in [1.807, 2.05) is 19.9 Å². The van der Waals surface area contributed by atoms with E-state index in [4.69, 9.17) is 0 Å². The summed E-state index contributed by atoms with van der Waals surface area (Å²) in [7, 11) is 0. The number of benzene rings is 1. The zero-order chi connectivity index (χ0) is 27.7. The minimum absolute atomic E-state index is 0.0157. The van der Waals surface area contributed by atoms with Crippen LogP contribution in [0.1, 0.15) is 63.4 Å². The first-order valence-corrected chi connectivity index (χ1v) is 13.2. The molecule has 39 heavy (non-hydrogen) atoms. The van der Waals surface area contributed by atoms with Gasteiger partial charge in [0.15, 0.2) is 0 Å². The summed E-state index contributed by atoms with van der Waals surface area (Å²) in [5.41, 5.74) is 2.24. The molecular formula is C29H31F3N6O. The van der Waals surface area contributed by atoms with Crippen LogP contribution in [-0.2, 0) is 17.4 Å². The van der Waals surface area contributed by atoms with Crippen LogP contribution >= 0.6 is 0 Å². The quantitative estimate of drug-likeness (QED) is 0.333. The van der Waals surface area contributed by atoms with Crippen molar-refractivity contribution in [3.8, 4) is 5.69 Å². The van der Waals surface area contributed by atoms with Crippen LogP contribution in [0, 0.1) is 0 Å². The molecule has 7 nitrogen and oxygen atoms in total. The van der Waals surface area contributed by atoms with Crippen molar-refractivity contribution in [3.05, 3.63) is 76.0 Å². The minimum Gasteiger partial charge on any atom is -0.340 e. The molecule has 0 radical (unpaired) electrons. The Hall–Kier alpha value is -3.66. The van der Waals surface area contributed by atoms with Crippen LogP contribution in [0.2, 0.25) is 0 Å². The third kappa shape index (κ3) is 4.12. The molecule has 0 amide bonds. The molecule has 10 heteroatoms. The minimum atomic E-state index is -4.38.